The molecule has 0 heterocycles. The second kappa shape index (κ2) is 4.58. The second-order valence-electron chi connectivity index (χ2n) is 6.03. The van der Waals surface area contributed by atoms with Gasteiger partial charge in [-0.2, -0.15) is 0 Å². The summed E-state index contributed by atoms with van der Waals surface area (Å²) >= 11 is 0. The molecule has 2 fully saturated rings. The van der Waals surface area contributed by atoms with E-state index in [9.17, 15) is 4.79 Å². The Morgan fingerprint density at radius 1 is 1.53 bits per heavy atom. The highest BCUT2D eigenvalue weighted by molar-refractivity contribution is 5.85. The number of nitrogens with zero attached hydrogens (tertiary/aromatic N) is 1. The lowest BCUT2D eigenvalue weighted by atomic mass is 9.91. The molecule has 1 amide bonds. The van der Waals surface area contributed by atoms with Gasteiger partial charge in [0, 0.05) is 13.1 Å². The van der Waals surface area contributed by atoms with E-state index in [1.165, 1.54) is 6.42 Å². The van der Waals surface area contributed by atoms with Crippen LogP contribution in [0, 0.1) is 17.8 Å². The lowest BCUT2D eigenvalue weighted by Crippen LogP contribution is -2.61. The third-order valence-electron chi connectivity index (χ3n) is 4.50. The number of primary amides is 1. The highest BCUT2D eigenvalue weighted by Crippen LogP contribution is 2.41. The predicted octanol–water partition coefficient (Wildman–Crippen LogP) is 0.428. The van der Waals surface area contributed by atoms with Crippen molar-refractivity contribution in [2.45, 2.75) is 31.7 Å². The maximum absolute atomic E-state index is 11.8. The normalized spacial score (nSPS) is 31.3. The quantitative estimate of drug-likeness (QED) is 0.677. The minimum Gasteiger partial charge on any atom is -0.368 e. The number of hydrogen-bond donors (Lipinski definition) is 2. The van der Waals surface area contributed by atoms with Crippen molar-refractivity contribution in [1.82, 2.24) is 10.2 Å². The fraction of sp³-hybridized carbons (Fsp3) is 0.923. The Morgan fingerprint density at radius 3 is 2.47 bits per heavy atom. The summed E-state index contributed by atoms with van der Waals surface area (Å²) in [6, 6.07) is 0. The van der Waals surface area contributed by atoms with Crippen LogP contribution in [0.25, 0.3) is 0 Å². The largest absolute Gasteiger partial charge is 0.368 e. The predicted molar refractivity (Wildman–Crippen MR) is 68.5 cm³/mol. The lowest BCUT2D eigenvalue weighted by molar-refractivity contribution is -0.125. The van der Waals surface area contributed by atoms with E-state index >= 15 is 0 Å². The van der Waals surface area contributed by atoms with Crippen LogP contribution in [-0.4, -0.2) is 43.5 Å². The topological polar surface area (TPSA) is 58.4 Å². The van der Waals surface area contributed by atoms with Gasteiger partial charge in [0.2, 0.25) is 5.91 Å². The van der Waals surface area contributed by atoms with Crippen molar-refractivity contribution in [1.29, 1.82) is 0 Å². The molecule has 17 heavy (non-hydrogen) atoms. The zero-order chi connectivity index (χ0) is 12.6. The lowest BCUT2D eigenvalue weighted by Gasteiger charge is -2.34. The number of amides is 1. The molecule has 4 heteroatoms. The van der Waals surface area contributed by atoms with Crippen molar-refractivity contribution in [2.24, 2.45) is 23.5 Å². The van der Waals surface area contributed by atoms with E-state index in [1.807, 2.05) is 7.05 Å². The Labute approximate surface area is 104 Å². The molecule has 0 bridgehead atoms. The van der Waals surface area contributed by atoms with E-state index in [1.54, 1.807) is 0 Å². The zero-order valence-corrected chi connectivity index (χ0v) is 11.2. The monoisotopic (exact) mass is 239 g/mol. The van der Waals surface area contributed by atoms with Crippen molar-refractivity contribution >= 4 is 5.91 Å². The van der Waals surface area contributed by atoms with E-state index < -0.39 is 5.54 Å². The number of hydrogen-bond acceptors (Lipinski definition) is 3. The van der Waals surface area contributed by atoms with E-state index in [0.29, 0.717) is 5.92 Å². The van der Waals surface area contributed by atoms with Gasteiger partial charge in [-0.1, -0.05) is 6.92 Å². The molecule has 2 saturated carbocycles. The first kappa shape index (κ1) is 12.8. The number of nitrogens with one attached hydrogen (secondary N) is 1. The van der Waals surface area contributed by atoms with Crippen LogP contribution in [-0.2, 0) is 4.79 Å². The van der Waals surface area contributed by atoms with Gasteiger partial charge in [0.1, 0.15) is 5.54 Å². The van der Waals surface area contributed by atoms with Crippen LogP contribution in [0.4, 0.5) is 0 Å². The molecule has 0 aliphatic heterocycles. The third kappa shape index (κ3) is 2.63. The number of likely N-dealkylation sites (N-methyl/N-ethyl adjacent to an activating group) is 2. The van der Waals surface area contributed by atoms with Crippen LogP contribution < -0.4 is 11.1 Å². The van der Waals surface area contributed by atoms with E-state index in [4.69, 9.17) is 5.73 Å². The molecule has 2 aliphatic carbocycles. The summed E-state index contributed by atoms with van der Waals surface area (Å²) in [5, 5.41) is 3.20. The average Bonchev–Trinajstić information content (AvgIpc) is 3.13. The van der Waals surface area contributed by atoms with E-state index in [0.717, 1.165) is 37.8 Å². The molecule has 0 aromatic rings. The first-order valence-electron chi connectivity index (χ1n) is 6.67. The second-order valence-corrected chi connectivity index (χ2v) is 6.03. The van der Waals surface area contributed by atoms with Gasteiger partial charge in [0.15, 0.2) is 0 Å². The summed E-state index contributed by atoms with van der Waals surface area (Å²) in [7, 11) is 3.96. The maximum Gasteiger partial charge on any atom is 0.239 e. The fourth-order valence-electron chi connectivity index (χ4n) is 2.93. The maximum atomic E-state index is 11.8. The van der Waals surface area contributed by atoms with Gasteiger partial charge in [-0.15, -0.1) is 0 Å². The smallest absolute Gasteiger partial charge is 0.239 e. The van der Waals surface area contributed by atoms with E-state index in [2.05, 4.69) is 24.2 Å². The van der Waals surface area contributed by atoms with Crippen molar-refractivity contribution in [3.63, 3.8) is 0 Å². The molecule has 0 spiro atoms. The van der Waals surface area contributed by atoms with Gasteiger partial charge < -0.3 is 16.0 Å². The standard InChI is InChI=1S/C13H25N3O/c1-9-6-10(9)7-16(3)8-13(15-2,12(14)17)11-4-5-11/h9-11,15H,4-8H2,1-3H3,(H2,14,17). The Balaban J connectivity index is 1.94. The highest BCUT2D eigenvalue weighted by Gasteiger charge is 2.49. The van der Waals surface area contributed by atoms with Crippen LogP contribution in [0.3, 0.4) is 0 Å². The summed E-state index contributed by atoms with van der Waals surface area (Å²) < 4.78 is 0. The number of carbonyl (C=O) groups is 1. The van der Waals surface area contributed by atoms with Crippen LogP contribution in [0.2, 0.25) is 0 Å². The first-order valence-corrected chi connectivity index (χ1v) is 6.67. The molecule has 3 atom stereocenters. The summed E-state index contributed by atoms with van der Waals surface area (Å²) in [6.07, 6.45) is 3.58. The average molecular weight is 239 g/mol. The minimum atomic E-state index is -0.507. The first-order chi connectivity index (χ1) is 7.99. The van der Waals surface area contributed by atoms with Gasteiger partial charge in [-0.05, 0) is 51.1 Å². The summed E-state index contributed by atoms with van der Waals surface area (Å²) in [4.78, 5) is 14.0. The Bertz CT molecular complexity index is 303. The van der Waals surface area contributed by atoms with Crippen molar-refractivity contribution < 1.29 is 4.79 Å². The molecule has 3 N–H and O–H groups in total. The number of rotatable bonds is 7. The molecule has 98 valence electrons. The minimum absolute atomic E-state index is 0.196. The highest BCUT2D eigenvalue weighted by atomic mass is 16.1. The molecule has 4 nitrogen and oxygen atoms in total. The summed E-state index contributed by atoms with van der Waals surface area (Å²) in [6.45, 7) is 4.12. The SMILES string of the molecule is CNC(CN(C)CC1CC1C)(C(N)=O)C1CC1. The number of nitrogens with two attached hydrogens (primary N) is 1. The van der Waals surface area contributed by atoms with Crippen LogP contribution >= 0.6 is 0 Å². The van der Waals surface area contributed by atoms with Crippen LogP contribution in [0.15, 0.2) is 0 Å². The molecule has 0 radical (unpaired) electrons. The van der Waals surface area contributed by atoms with Gasteiger partial charge in [0.25, 0.3) is 0 Å². The zero-order valence-electron chi connectivity index (χ0n) is 11.2. The fourth-order valence-corrected chi connectivity index (χ4v) is 2.93. The molecule has 0 aromatic carbocycles. The molecular formula is C13H25N3O. The summed E-state index contributed by atoms with van der Waals surface area (Å²) in [5.74, 6) is 1.92. The molecule has 2 rings (SSSR count). The Morgan fingerprint density at radius 2 is 2.12 bits per heavy atom. The Kier molecular flexibility index (Phi) is 3.46. The molecule has 3 unspecified atom stereocenters. The molecule has 0 aromatic heterocycles. The molecule has 0 saturated heterocycles. The molecular weight excluding hydrogens is 214 g/mol. The van der Waals surface area contributed by atoms with Crippen molar-refractivity contribution in [3.8, 4) is 0 Å². The summed E-state index contributed by atoms with van der Waals surface area (Å²) in [5.41, 5.74) is 5.11. The van der Waals surface area contributed by atoms with Gasteiger partial charge >= 0.3 is 0 Å². The van der Waals surface area contributed by atoms with Gasteiger partial charge in [-0.25, -0.2) is 0 Å². The van der Waals surface area contributed by atoms with Crippen LogP contribution in [0.5, 0.6) is 0 Å². The third-order valence-corrected chi connectivity index (χ3v) is 4.50. The van der Waals surface area contributed by atoms with E-state index in [-0.39, 0.29) is 5.91 Å². The van der Waals surface area contributed by atoms with Crippen LogP contribution in [0.1, 0.15) is 26.2 Å². The van der Waals surface area contributed by atoms with Gasteiger partial charge in [0.05, 0.1) is 0 Å². The molecule has 2 aliphatic rings. The Hall–Kier alpha value is -0.610. The van der Waals surface area contributed by atoms with Gasteiger partial charge in [-0.3, -0.25) is 4.79 Å². The number of carbonyl (C=O) groups excluding carboxylic acids is 1. The van der Waals surface area contributed by atoms with Crippen molar-refractivity contribution in [2.75, 3.05) is 27.2 Å². The van der Waals surface area contributed by atoms with Crippen molar-refractivity contribution in [3.05, 3.63) is 0 Å².